The lowest BCUT2D eigenvalue weighted by atomic mass is 10.0. The van der Waals surface area contributed by atoms with Crippen molar-refractivity contribution in [3.63, 3.8) is 0 Å². The summed E-state index contributed by atoms with van der Waals surface area (Å²) in [4.78, 5) is 37.5. The third-order valence-corrected chi connectivity index (χ3v) is 13.6. The van der Waals surface area contributed by atoms with Crippen molar-refractivity contribution in [2.24, 2.45) is 0 Å². The van der Waals surface area contributed by atoms with Gasteiger partial charge in [0.2, 0.25) is 5.91 Å². The lowest BCUT2D eigenvalue weighted by Crippen LogP contribution is -2.47. The van der Waals surface area contributed by atoms with E-state index in [2.05, 4.69) is 50.4 Å². The first-order chi connectivity index (χ1) is 32.4. The normalized spacial score (nSPS) is 14.1. The number of phosphoric acid groups is 1. The summed E-state index contributed by atoms with van der Waals surface area (Å²) in [6.45, 7) is 6.98. The summed E-state index contributed by atoms with van der Waals surface area (Å²) in [7, 11) is 1.49. The van der Waals surface area contributed by atoms with Gasteiger partial charge in [0, 0.05) is 12.8 Å². The van der Waals surface area contributed by atoms with Gasteiger partial charge in [0.15, 0.2) is 0 Å². The number of rotatable bonds is 51. The molecule has 0 fully saturated rings. The van der Waals surface area contributed by atoms with E-state index in [1.165, 1.54) is 154 Å². The molecule has 0 radical (unpaired) electrons. The highest BCUT2D eigenvalue weighted by atomic mass is 31.2. The van der Waals surface area contributed by atoms with Crippen molar-refractivity contribution in [2.75, 3.05) is 40.9 Å². The van der Waals surface area contributed by atoms with Crippen molar-refractivity contribution in [3.8, 4) is 0 Å². The second kappa shape index (κ2) is 47.9. The molecule has 0 saturated heterocycles. The number of carbonyl (C=O) groups is 2. The third-order valence-electron chi connectivity index (χ3n) is 12.6. The number of carbonyl (C=O) groups excluding carboxylic acids is 2. The molecule has 0 heterocycles. The highest BCUT2D eigenvalue weighted by molar-refractivity contribution is 7.47. The standard InChI is InChI=1S/C57H109N2O7P/c1-7-10-13-16-19-22-25-27-29-31-34-37-40-43-46-49-56(60)58-54(53-65-67(62,63)64-52-51-59(4,5)6)55(48-45-42-39-36-33-24-21-18-15-12-9-3)66-57(61)50-47-44-41-38-35-32-30-28-26-23-20-17-14-11-8-2/h19,22,25,27,45,48,54-55H,7-18,20-21,23-24,26,28-44,46-47,49-53H2,1-6H3,(H-,58,60,62,63)/p+1/b22-19+,27-25+,48-45+. The van der Waals surface area contributed by atoms with Crippen LogP contribution in [0, 0.1) is 0 Å². The summed E-state index contributed by atoms with van der Waals surface area (Å²) in [6, 6.07) is -0.849. The number of likely N-dealkylation sites (N-methyl/N-ethyl adjacent to an activating group) is 1. The van der Waals surface area contributed by atoms with E-state index in [1.54, 1.807) is 0 Å². The number of quaternary nitrogens is 1. The van der Waals surface area contributed by atoms with Gasteiger partial charge < -0.3 is 19.4 Å². The Morgan fingerprint density at radius 2 is 0.896 bits per heavy atom. The fourth-order valence-electron chi connectivity index (χ4n) is 8.17. The van der Waals surface area contributed by atoms with Gasteiger partial charge >= 0.3 is 13.8 Å². The number of hydrogen-bond donors (Lipinski definition) is 2. The predicted molar refractivity (Wildman–Crippen MR) is 286 cm³/mol. The van der Waals surface area contributed by atoms with Gasteiger partial charge in [-0.1, -0.05) is 231 Å². The maximum Gasteiger partial charge on any atom is 0.472 e. The van der Waals surface area contributed by atoms with Crippen LogP contribution >= 0.6 is 7.82 Å². The summed E-state index contributed by atoms with van der Waals surface area (Å²) in [6.07, 6.45) is 55.6. The maximum atomic E-state index is 13.5. The summed E-state index contributed by atoms with van der Waals surface area (Å²) >= 11 is 0. The molecule has 0 aromatic rings. The topological polar surface area (TPSA) is 111 Å². The molecule has 67 heavy (non-hydrogen) atoms. The Kier molecular flexibility index (Phi) is 46.6. The van der Waals surface area contributed by atoms with Crippen molar-refractivity contribution in [3.05, 3.63) is 36.5 Å². The number of unbranched alkanes of at least 4 members (excludes halogenated alkanes) is 32. The Morgan fingerprint density at radius 3 is 1.34 bits per heavy atom. The maximum absolute atomic E-state index is 13.5. The van der Waals surface area contributed by atoms with Crippen molar-refractivity contribution in [1.82, 2.24) is 5.32 Å². The number of ether oxygens (including phenoxy) is 1. The van der Waals surface area contributed by atoms with E-state index in [-0.39, 0.29) is 25.1 Å². The molecule has 0 aliphatic heterocycles. The van der Waals surface area contributed by atoms with Gasteiger partial charge in [0.1, 0.15) is 19.3 Å². The number of phosphoric ester groups is 1. The molecule has 2 N–H and O–H groups in total. The highest BCUT2D eigenvalue weighted by Crippen LogP contribution is 2.43. The van der Waals surface area contributed by atoms with Crippen molar-refractivity contribution >= 4 is 19.7 Å². The highest BCUT2D eigenvalue weighted by Gasteiger charge is 2.30. The summed E-state index contributed by atoms with van der Waals surface area (Å²) in [5, 5.41) is 3.04. The van der Waals surface area contributed by atoms with E-state index in [4.69, 9.17) is 13.8 Å². The average molecular weight is 966 g/mol. The molecule has 0 aromatic heterocycles. The van der Waals surface area contributed by atoms with Crippen LogP contribution in [0.5, 0.6) is 0 Å². The van der Waals surface area contributed by atoms with Gasteiger partial charge in [0.05, 0.1) is 33.8 Å². The molecular formula is C57H110N2O7P+. The Bertz CT molecular complexity index is 1250. The lowest BCUT2D eigenvalue weighted by molar-refractivity contribution is -0.870. The van der Waals surface area contributed by atoms with E-state index >= 15 is 0 Å². The van der Waals surface area contributed by atoms with Crippen molar-refractivity contribution in [2.45, 2.75) is 277 Å². The molecule has 0 aromatic carbocycles. The number of nitrogens with one attached hydrogen (secondary N) is 1. The minimum Gasteiger partial charge on any atom is -0.456 e. The Balaban J connectivity index is 5.34. The van der Waals surface area contributed by atoms with E-state index < -0.39 is 20.0 Å². The first-order valence-electron chi connectivity index (χ1n) is 28.3. The van der Waals surface area contributed by atoms with Gasteiger partial charge in [-0.05, 0) is 57.4 Å². The van der Waals surface area contributed by atoms with Crippen LogP contribution in [-0.4, -0.2) is 74.3 Å². The molecule has 3 atom stereocenters. The quantitative estimate of drug-likeness (QED) is 0.0156. The minimum absolute atomic E-state index is 0.0395. The summed E-state index contributed by atoms with van der Waals surface area (Å²) in [5.74, 6) is -0.511. The number of nitrogens with zero attached hydrogens (tertiary/aromatic N) is 1. The van der Waals surface area contributed by atoms with E-state index in [1.807, 2.05) is 33.3 Å². The average Bonchev–Trinajstić information content (AvgIpc) is 3.28. The second-order valence-electron chi connectivity index (χ2n) is 20.5. The molecule has 394 valence electrons. The van der Waals surface area contributed by atoms with Crippen molar-refractivity contribution < 1.29 is 37.3 Å². The number of allylic oxidation sites excluding steroid dienone is 5. The molecule has 0 aliphatic carbocycles. The Morgan fingerprint density at radius 1 is 0.522 bits per heavy atom. The van der Waals surface area contributed by atoms with Crippen LogP contribution in [-0.2, 0) is 27.9 Å². The van der Waals surface area contributed by atoms with E-state index in [0.717, 1.165) is 77.0 Å². The zero-order valence-electron chi connectivity index (χ0n) is 44.9. The summed E-state index contributed by atoms with van der Waals surface area (Å²) < 4.78 is 30.6. The van der Waals surface area contributed by atoms with Crippen LogP contribution in [0.2, 0.25) is 0 Å². The molecule has 10 heteroatoms. The first-order valence-corrected chi connectivity index (χ1v) is 29.8. The van der Waals surface area contributed by atoms with Gasteiger partial charge in [-0.2, -0.15) is 0 Å². The third kappa shape index (κ3) is 49.0. The smallest absolute Gasteiger partial charge is 0.456 e. The number of amides is 1. The molecule has 0 rings (SSSR count). The second-order valence-corrected chi connectivity index (χ2v) is 22.0. The largest absolute Gasteiger partial charge is 0.472 e. The van der Waals surface area contributed by atoms with Crippen molar-refractivity contribution in [1.29, 1.82) is 0 Å². The van der Waals surface area contributed by atoms with Crippen LogP contribution in [0.15, 0.2) is 36.5 Å². The zero-order chi connectivity index (χ0) is 49.4. The first kappa shape index (κ1) is 65.2. The Labute approximate surface area is 415 Å². The molecule has 1 amide bonds. The molecule has 0 aliphatic rings. The SMILES string of the molecule is CCCCC/C=C/C=C/CCCCCCCCC(=O)NC(COP(=O)(O)OCC[N+](C)(C)C)C(/C=C/CCCCCCCCCCC)OC(=O)CCCCCCCCCCCCCCCCC. The van der Waals surface area contributed by atoms with Gasteiger partial charge in [-0.3, -0.25) is 18.6 Å². The van der Waals surface area contributed by atoms with E-state index in [0.29, 0.717) is 23.9 Å². The molecule has 9 nitrogen and oxygen atoms in total. The Hall–Kier alpha value is -1.77. The zero-order valence-corrected chi connectivity index (χ0v) is 45.8. The van der Waals surface area contributed by atoms with Gasteiger partial charge in [-0.25, -0.2) is 4.57 Å². The van der Waals surface area contributed by atoms with Crippen LogP contribution in [0.1, 0.15) is 265 Å². The fourth-order valence-corrected chi connectivity index (χ4v) is 8.90. The van der Waals surface area contributed by atoms with Gasteiger partial charge in [0.25, 0.3) is 0 Å². The number of esters is 1. The van der Waals surface area contributed by atoms with Crippen LogP contribution in [0.3, 0.4) is 0 Å². The summed E-state index contributed by atoms with van der Waals surface area (Å²) in [5.41, 5.74) is 0. The van der Waals surface area contributed by atoms with Crippen LogP contribution in [0.25, 0.3) is 0 Å². The van der Waals surface area contributed by atoms with E-state index in [9.17, 15) is 19.0 Å². The van der Waals surface area contributed by atoms with Gasteiger partial charge in [-0.15, -0.1) is 0 Å². The monoisotopic (exact) mass is 966 g/mol. The molecule has 3 unspecified atom stereocenters. The minimum atomic E-state index is -4.44. The molecule has 0 spiro atoms. The fraction of sp³-hybridized carbons (Fsp3) is 0.860. The predicted octanol–water partition coefficient (Wildman–Crippen LogP) is 16.8. The molecule has 0 saturated carbocycles. The van der Waals surface area contributed by atoms with Crippen LogP contribution < -0.4 is 5.32 Å². The number of hydrogen-bond acceptors (Lipinski definition) is 6. The lowest BCUT2D eigenvalue weighted by Gasteiger charge is -2.27. The molecular weight excluding hydrogens is 856 g/mol. The molecule has 0 bridgehead atoms. The van der Waals surface area contributed by atoms with Crippen LogP contribution in [0.4, 0.5) is 0 Å².